The molecule has 0 amide bonds. The lowest BCUT2D eigenvalue weighted by Gasteiger charge is -2.19. The van der Waals surface area contributed by atoms with Crippen molar-refractivity contribution in [2.75, 3.05) is 27.8 Å². The number of guanidine groups is 1. The van der Waals surface area contributed by atoms with Crippen LogP contribution < -0.4 is 24.8 Å². The molecular weight excluding hydrogens is 469 g/mol. The lowest BCUT2D eigenvalue weighted by Crippen LogP contribution is -2.41. The fourth-order valence-corrected chi connectivity index (χ4v) is 2.61. The highest BCUT2D eigenvalue weighted by Gasteiger charge is 2.10. The largest absolute Gasteiger partial charge is 0.496 e. The molecule has 0 aliphatic carbocycles. The van der Waals surface area contributed by atoms with E-state index in [-0.39, 0.29) is 30.1 Å². The van der Waals surface area contributed by atoms with Crippen LogP contribution in [0.3, 0.4) is 0 Å². The maximum Gasteiger partial charge on any atom is 0.191 e. The summed E-state index contributed by atoms with van der Waals surface area (Å²) in [6, 6.07) is 13.8. The molecule has 2 N–H and O–H groups in total. The molecule has 0 aromatic heterocycles. The van der Waals surface area contributed by atoms with Crippen LogP contribution in [0.4, 0.5) is 0 Å². The summed E-state index contributed by atoms with van der Waals surface area (Å²) in [4.78, 5) is 4.26. The molecule has 1 unspecified atom stereocenters. The lowest BCUT2D eigenvalue weighted by molar-refractivity contribution is 0.213. The van der Waals surface area contributed by atoms with Gasteiger partial charge in [0.05, 0.1) is 20.8 Å². The first-order valence-corrected chi connectivity index (χ1v) is 8.95. The molecule has 0 spiro atoms. The number of ether oxygens (including phenoxy) is 3. The third-order valence-corrected chi connectivity index (χ3v) is 4.07. The van der Waals surface area contributed by atoms with Crippen LogP contribution in [0.25, 0.3) is 0 Å². The van der Waals surface area contributed by atoms with Gasteiger partial charge in [-0.15, -0.1) is 24.0 Å². The van der Waals surface area contributed by atoms with Crippen molar-refractivity contribution in [2.24, 2.45) is 4.99 Å². The maximum atomic E-state index is 5.95. The van der Waals surface area contributed by atoms with Gasteiger partial charge in [0, 0.05) is 19.2 Å². The van der Waals surface area contributed by atoms with Gasteiger partial charge in [-0.1, -0.05) is 24.3 Å². The monoisotopic (exact) mass is 499 g/mol. The van der Waals surface area contributed by atoms with Gasteiger partial charge in [0.2, 0.25) is 0 Å². The fraction of sp³-hybridized carbons (Fsp3) is 0.381. The van der Waals surface area contributed by atoms with Gasteiger partial charge in [-0.05, 0) is 37.6 Å². The molecule has 6 nitrogen and oxygen atoms in total. The molecule has 0 aliphatic rings. The van der Waals surface area contributed by atoms with E-state index in [1.807, 2.05) is 44.2 Å². The quantitative estimate of drug-likeness (QED) is 0.329. The molecule has 7 heteroatoms. The first-order chi connectivity index (χ1) is 13.1. The molecule has 154 valence electrons. The van der Waals surface area contributed by atoms with E-state index < -0.39 is 0 Å². The standard InChI is InChI=1S/C21H29N3O3.HI/c1-15-10-11-17(20(12-15)26-5)14-24-21(22-3)23-13-16(2)27-19-9-7-6-8-18(19)25-4;/h6-12,16H,13-14H2,1-5H3,(H2,22,23,24);1H. The summed E-state index contributed by atoms with van der Waals surface area (Å²) in [5, 5.41) is 6.58. The third kappa shape index (κ3) is 7.10. The molecule has 1 atom stereocenters. The zero-order valence-electron chi connectivity index (χ0n) is 17.1. The first-order valence-electron chi connectivity index (χ1n) is 8.95. The number of methoxy groups -OCH3 is 2. The van der Waals surface area contributed by atoms with Crippen molar-refractivity contribution in [1.29, 1.82) is 0 Å². The second kappa shape index (κ2) is 12.3. The number of aliphatic imine (C=N–C) groups is 1. The minimum atomic E-state index is -0.0613. The average molecular weight is 499 g/mol. The second-order valence-corrected chi connectivity index (χ2v) is 6.20. The average Bonchev–Trinajstić information content (AvgIpc) is 2.69. The number of nitrogens with zero attached hydrogens (tertiary/aromatic N) is 1. The Morgan fingerprint density at radius 3 is 2.32 bits per heavy atom. The van der Waals surface area contributed by atoms with Crippen LogP contribution >= 0.6 is 24.0 Å². The van der Waals surface area contributed by atoms with Gasteiger partial charge >= 0.3 is 0 Å². The van der Waals surface area contributed by atoms with Gasteiger partial charge < -0.3 is 24.8 Å². The van der Waals surface area contributed by atoms with Gasteiger partial charge in [-0.2, -0.15) is 0 Å². The Kier molecular flexibility index (Phi) is 10.5. The molecule has 0 aliphatic heterocycles. The predicted octanol–water partition coefficient (Wildman–Crippen LogP) is 3.76. The fourth-order valence-electron chi connectivity index (χ4n) is 2.61. The summed E-state index contributed by atoms with van der Waals surface area (Å²) in [6.45, 7) is 5.26. The molecule has 2 rings (SSSR count). The normalized spacial score (nSPS) is 11.8. The Hall–Kier alpha value is -2.16. The Morgan fingerprint density at radius 2 is 1.68 bits per heavy atom. The number of aryl methyl sites for hydroxylation is 1. The topological polar surface area (TPSA) is 64.1 Å². The van der Waals surface area contributed by atoms with Crippen molar-refractivity contribution in [2.45, 2.75) is 26.5 Å². The first kappa shape index (κ1) is 23.9. The van der Waals surface area contributed by atoms with Gasteiger partial charge in [0.1, 0.15) is 11.9 Å². The summed E-state index contributed by atoms with van der Waals surface area (Å²) < 4.78 is 16.7. The predicted molar refractivity (Wildman–Crippen MR) is 124 cm³/mol. The molecular formula is C21H30IN3O3. The van der Waals surface area contributed by atoms with E-state index in [4.69, 9.17) is 14.2 Å². The molecule has 0 heterocycles. The Labute approximate surface area is 184 Å². The SMILES string of the molecule is CN=C(NCc1ccc(C)cc1OC)NCC(C)Oc1ccccc1OC.I. The maximum absolute atomic E-state index is 5.95. The zero-order valence-corrected chi connectivity index (χ0v) is 19.4. The van der Waals surface area contributed by atoms with E-state index in [1.54, 1.807) is 21.3 Å². The summed E-state index contributed by atoms with van der Waals surface area (Å²) in [5.74, 6) is 3.01. The smallest absolute Gasteiger partial charge is 0.191 e. The third-order valence-electron chi connectivity index (χ3n) is 4.07. The number of hydrogen-bond donors (Lipinski definition) is 2. The van der Waals surface area contributed by atoms with Crippen LogP contribution in [0, 0.1) is 6.92 Å². The van der Waals surface area contributed by atoms with E-state index in [0.717, 1.165) is 22.8 Å². The van der Waals surface area contributed by atoms with Crippen molar-refractivity contribution < 1.29 is 14.2 Å². The van der Waals surface area contributed by atoms with E-state index >= 15 is 0 Å². The molecule has 2 aromatic rings. The van der Waals surface area contributed by atoms with Crippen LogP contribution in [0.15, 0.2) is 47.5 Å². The summed E-state index contributed by atoms with van der Waals surface area (Å²) >= 11 is 0. The zero-order chi connectivity index (χ0) is 19.6. The Balaban J connectivity index is 0.00000392. The van der Waals surface area contributed by atoms with Gasteiger partial charge in [0.15, 0.2) is 17.5 Å². The lowest BCUT2D eigenvalue weighted by atomic mass is 10.1. The number of nitrogens with one attached hydrogen (secondary N) is 2. The van der Waals surface area contributed by atoms with Crippen molar-refractivity contribution in [1.82, 2.24) is 10.6 Å². The number of para-hydroxylation sites is 2. The van der Waals surface area contributed by atoms with Gasteiger partial charge in [-0.3, -0.25) is 4.99 Å². The molecule has 28 heavy (non-hydrogen) atoms. The van der Waals surface area contributed by atoms with Crippen LogP contribution in [-0.4, -0.2) is 39.9 Å². The molecule has 0 saturated carbocycles. The van der Waals surface area contributed by atoms with E-state index in [0.29, 0.717) is 19.0 Å². The van der Waals surface area contributed by atoms with E-state index in [2.05, 4.69) is 27.8 Å². The Bertz CT molecular complexity index is 768. The van der Waals surface area contributed by atoms with Crippen LogP contribution in [-0.2, 0) is 6.54 Å². The number of hydrogen-bond acceptors (Lipinski definition) is 4. The highest BCUT2D eigenvalue weighted by molar-refractivity contribution is 14.0. The van der Waals surface area contributed by atoms with Crippen molar-refractivity contribution in [3.8, 4) is 17.2 Å². The highest BCUT2D eigenvalue weighted by Crippen LogP contribution is 2.26. The Morgan fingerprint density at radius 1 is 1.00 bits per heavy atom. The molecule has 0 radical (unpaired) electrons. The minimum Gasteiger partial charge on any atom is -0.496 e. The van der Waals surface area contributed by atoms with Crippen molar-refractivity contribution >= 4 is 29.9 Å². The van der Waals surface area contributed by atoms with E-state index in [1.165, 1.54) is 5.56 Å². The highest BCUT2D eigenvalue weighted by atomic mass is 127. The number of rotatable bonds is 8. The summed E-state index contributed by atoms with van der Waals surface area (Å²) in [5.41, 5.74) is 2.24. The van der Waals surface area contributed by atoms with Gasteiger partial charge in [-0.25, -0.2) is 0 Å². The van der Waals surface area contributed by atoms with Crippen molar-refractivity contribution in [3.63, 3.8) is 0 Å². The van der Waals surface area contributed by atoms with Crippen LogP contribution in [0.1, 0.15) is 18.1 Å². The number of halogens is 1. The minimum absolute atomic E-state index is 0. The molecule has 0 bridgehead atoms. The van der Waals surface area contributed by atoms with Crippen LogP contribution in [0.2, 0.25) is 0 Å². The number of benzene rings is 2. The van der Waals surface area contributed by atoms with E-state index in [9.17, 15) is 0 Å². The summed E-state index contributed by atoms with van der Waals surface area (Å²) in [6.07, 6.45) is -0.0613. The van der Waals surface area contributed by atoms with Crippen molar-refractivity contribution in [3.05, 3.63) is 53.6 Å². The summed E-state index contributed by atoms with van der Waals surface area (Å²) in [7, 11) is 5.06. The van der Waals surface area contributed by atoms with Crippen LogP contribution in [0.5, 0.6) is 17.2 Å². The molecule has 0 fully saturated rings. The van der Waals surface area contributed by atoms with Gasteiger partial charge in [0.25, 0.3) is 0 Å². The second-order valence-electron chi connectivity index (χ2n) is 6.20. The molecule has 0 saturated heterocycles. The molecule has 2 aromatic carbocycles.